The molecule has 2 heterocycles. The summed E-state index contributed by atoms with van der Waals surface area (Å²) < 4.78 is 0. The van der Waals surface area contributed by atoms with Crippen molar-refractivity contribution in [1.82, 2.24) is 9.88 Å². The van der Waals surface area contributed by atoms with Crippen LogP contribution in [0.4, 0.5) is 0 Å². The molecule has 5 heteroatoms. The van der Waals surface area contributed by atoms with Crippen molar-refractivity contribution >= 4 is 5.91 Å². The lowest BCUT2D eigenvalue weighted by Crippen LogP contribution is -2.42. The maximum Gasteiger partial charge on any atom is 0.266 e. The van der Waals surface area contributed by atoms with E-state index in [1.807, 2.05) is 17.9 Å². The molecule has 0 aliphatic carbocycles. The normalized spacial score (nSPS) is 21.1. The van der Waals surface area contributed by atoms with E-state index in [2.05, 4.69) is 18.8 Å². The summed E-state index contributed by atoms with van der Waals surface area (Å²) in [6.45, 7) is 9.63. The third kappa shape index (κ3) is 3.82. The fourth-order valence-corrected chi connectivity index (χ4v) is 3.68. The molecule has 5 nitrogen and oxygen atoms in total. The Balaban J connectivity index is 2.11. The van der Waals surface area contributed by atoms with Crippen LogP contribution in [0.25, 0.3) is 0 Å². The molecule has 0 aromatic carbocycles. The Morgan fingerprint density at radius 1 is 1.30 bits per heavy atom. The van der Waals surface area contributed by atoms with Crippen LogP contribution in [0.1, 0.15) is 49.1 Å². The summed E-state index contributed by atoms with van der Waals surface area (Å²) in [6.07, 6.45) is 2.15. The fourth-order valence-electron chi connectivity index (χ4n) is 3.68. The maximum absolute atomic E-state index is 12.5. The van der Waals surface area contributed by atoms with Gasteiger partial charge in [-0.05, 0) is 49.7 Å². The highest BCUT2D eigenvalue weighted by Gasteiger charge is 2.25. The number of likely N-dealkylation sites (tertiary alicyclic amines) is 1. The second kappa shape index (κ2) is 6.99. The van der Waals surface area contributed by atoms with E-state index in [0.717, 1.165) is 24.3 Å². The van der Waals surface area contributed by atoms with Crippen LogP contribution in [-0.4, -0.2) is 28.9 Å². The Kier molecular flexibility index (Phi) is 5.25. The quantitative estimate of drug-likeness (QED) is 0.929. The molecule has 1 saturated heterocycles. The van der Waals surface area contributed by atoms with Gasteiger partial charge in [-0.1, -0.05) is 13.8 Å². The lowest BCUT2D eigenvalue weighted by atomic mass is 9.91. The molecule has 1 amide bonds. The van der Waals surface area contributed by atoms with Gasteiger partial charge in [-0.15, -0.1) is 0 Å². The first-order valence-corrected chi connectivity index (χ1v) is 8.23. The fraction of sp³-hybridized carbons (Fsp3) is 0.611. The third-order valence-corrected chi connectivity index (χ3v) is 4.73. The summed E-state index contributed by atoms with van der Waals surface area (Å²) in [5, 5.41) is 9.11. The molecule has 1 fully saturated rings. The predicted molar refractivity (Wildman–Crippen MR) is 89.1 cm³/mol. The number of amides is 1. The summed E-state index contributed by atoms with van der Waals surface area (Å²) in [4.78, 5) is 28.9. The number of carbonyl (C=O) groups excluding carboxylic acids is 1. The highest BCUT2D eigenvalue weighted by atomic mass is 16.2. The second-order valence-electron chi connectivity index (χ2n) is 6.91. The van der Waals surface area contributed by atoms with Crippen molar-refractivity contribution in [1.29, 1.82) is 5.26 Å². The number of pyridine rings is 1. The van der Waals surface area contributed by atoms with Gasteiger partial charge in [-0.25, -0.2) is 0 Å². The van der Waals surface area contributed by atoms with Crippen LogP contribution in [0.2, 0.25) is 0 Å². The molecular weight excluding hydrogens is 290 g/mol. The largest absolute Gasteiger partial charge is 0.342 e. The Morgan fingerprint density at radius 2 is 1.91 bits per heavy atom. The van der Waals surface area contributed by atoms with E-state index in [9.17, 15) is 9.59 Å². The molecule has 0 saturated carbocycles. The minimum atomic E-state index is -0.351. The zero-order chi connectivity index (χ0) is 17.1. The molecule has 0 radical (unpaired) electrons. The van der Waals surface area contributed by atoms with Gasteiger partial charge in [0.15, 0.2) is 0 Å². The number of nitrogens with zero attached hydrogens (tertiary/aromatic N) is 2. The summed E-state index contributed by atoms with van der Waals surface area (Å²) in [7, 11) is 0. The van der Waals surface area contributed by atoms with E-state index < -0.39 is 0 Å². The van der Waals surface area contributed by atoms with Gasteiger partial charge in [-0.2, -0.15) is 5.26 Å². The molecule has 0 spiro atoms. The number of hydrogen-bond donors (Lipinski definition) is 1. The van der Waals surface area contributed by atoms with Gasteiger partial charge in [0.05, 0.1) is 0 Å². The van der Waals surface area contributed by atoms with Gasteiger partial charge < -0.3 is 9.88 Å². The molecule has 1 aliphatic heterocycles. The monoisotopic (exact) mass is 315 g/mol. The highest BCUT2D eigenvalue weighted by Crippen LogP contribution is 2.22. The van der Waals surface area contributed by atoms with Gasteiger partial charge in [0.1, 0.15) is 11.6 Å². The Bertz CT molecular complexity index is 689. The number of piperidine rings is 1. The van der Waals surface area contributed by atoms with Gasteiger partial charge in [0.2, 0.25) is 5.91 Å². The van der Waals surface area contributed by atoms with Gasteiger partial charge in [0, 0.05) is 25.2 Å². The minimum Gasteiger partial charge on any atom is -0.342 e. The maximum atomic E-state index is 12.5. The number of nitrogens with one attached hydrogen (secondary N) is 1. The number of H-pyrrole nitrogens is 1. The average Bonchev–Trinajstić information content (AvgIpc) is 2.45. The first kappa shape index (κ1) is 17.3. The lowest BCUT2D eigenvalue weighted by Gasteiger charge is -2.35. The SMILES string of the molecule is Cc1[nH]c(=O)c(C#N)c(C)c1CCC(=O)N1C[C@H](C)C[C@@H](C)C1. The first-order valence-electron chi connectivity index (χ1n) is 8.23. The predicted octanol–water partition coefficient (Wildman–Crippen LogP) is 2.30. The van der Waals surface area contributed by atoms with Crippen LogP contribution in [0.3, 0.4) is 0 Å². The summed E-state index contributed by atoms with van der Waals surface area (Å²) in [5.74, 6) is 1.25. The molecule has 1 N–H and O–H groups in total. The number of aromatic amines is 1. The number of rotatable bonds is 3. The van der Waals surface area contributed by atoms with Crippen LogP contribution in [0, 0.1) is 37.0 Å². The van der Waals surface area contributed by atoms with Crippen molar-refractivity contribution in [2.45, 2.75) is 47.0 Å². The standard InChI is InChI=1S/C18H25N3O2/c1-11-7-12(2)10-21(9-11)17(22)6-5-15-13(3)16(8-19)18(23)20-14(15)4/h11-12H,5-7,9-10H2,1-4H3,(H,20,23)/t11-,12-/m1/s1. The Morgan fingerprint density at radius 3 is 2.48 bits per heavy atom. The number of carbonyl (C=O) groups is 1. The highest BCUT2D eigenvalue weighted by molar-refractivity contribution is 5.76. The van der Waals surface area contributed by atoms with Crippen molar-refractivity contribution in [2.24, 2.45) is 11.8 Å². The van der Waals surface area contributed by atoms with Crippen molar-refractivity contribution in [3.8, 4) is 6.07 Å². The van der Waals surface area contributed by atoms with Crippen LogP contribution in [-0.2, 0) is 11.2 Å². The van der Waals surface area contributed by atoms with E-state index >= 15 is 0 Å². The molecule has 23 heavy (non-hydrogen) atoms. The van der Waals surface area contributed by atoms with Crippen LogP contribution in [0.15, 0.2) is 4.79 Å². The number of aromatic nitrogens is 1. The zero-order valence-electron chi connectivity index (χ0n) is 14.4. The second-order valence-corrected chi connectivity index (χ2v) is 6.91. The smallest absolute Gasteiger partial charge is 0.266 e. The molecule has 0 unspecified atom stereocenters. The molecule has 2 rings (SSSR count). The van der Waals surface area contributed by atoms with Crippen molar-refractivity contribution in [3.63, 3.8) is 0 Å². The van der Waals surface area contributed by atoms with E-state index in [-0.39, 0.29) is 17.0 Å². The van der Waals surface area contributed by atoms with Gasteiger partial charge >= 0.3 is 0 Å². The molecule has 1 aromatic heterocycles. The van der Waals surface area contributed by atoms with Crippen molar-refractivity contribution < 1.29 is 4.79 Å². The molecule has 124 valence electrons. The summed E-state index contributed by atoms with van der Waals surface area (Å²) in [6, 6.07) is 1.95. The summed E-state index contributed by atoms with van der Waals surface area (Å²) in [5.41, 5.74) is 2.16. The van der Waals surface area contributed by atoms with Crippen LogP contribution in [0.5, 0.6) is 0 Å². The first-order chi connectivity index (χ1) is 10.8. The van der Waals surface area contributed by atoms with Crippen LogP contribution < -0.4 is 5.56 Å². The molecular formula is C18H25N3O2. The van der Waals surface area contributed by atoms with E-state index in [4.69, 9.17) is 5.26 Å². The number of nitriles is 1. The van der Waals surface area contributed by atoms with Crippen molar-refractivity contribution in [2.75, 3.05) is 13.1 Å². The van der Waals surface area contributed by atoms with Crippen LogP contribution >= 0.6 is 0 Å². The van der Waals surface area contributed by atoms with E-state index in [1.54, 1.807) is 6.92 Å². The molecule has 1 aromatic rings. The van der Waals surface area contributed by atoms with E-state index in [0.29, 0.717) is 30.2 Å². The van der Waals surface area contributed by atoms with Gasteiger partial charge in [-0.3, -0.25) is 9.59 Å². The topological polar surface area (TPSA) is 77.0 Å². The Labute approximate surface area is 137 Å². The lowest BCUT2D eigenvalue weighted by molar-refractivity contribution is -0.133. The molecule has 2 atom stereocenters. The Hall–Kier alpha value is -2.09. The number of aryl methyl sites for hydroxylation is 1. The molecule has 1 aliphatic rings. The average molecular weight is 315 g/mol. The van der Waals surface area contributed by atoms with E-state index in [1.165, 1.54) is 6.42 Å². The molecule has 0 bridgehead atoms. The minimum absolute atomic E-state index is 0.151. The summed E-state index contributed by atoms with van der Waals surface area (Å²) >= 11 is 0. The number of hydrogen-bond acceptors (Lipinski definition) is 3. The third-order valence-electron chi connectivity index (χ3n) is 4.73. The van der Waals surface area contributed by atoms with Crippen molar-refractivity contribution in [3.05, 3.63) is 32.7 Å². The van der Waals surface area contributed by atoms with Gasteiger partial charge in [0.25, 0.3) is 5.56 Å². The zero-order valence-corrected chi connectivity index (χ0v) is 14.4.